The van der Waals surface area contributed by atoms with Crippen LogP contribution in [0.5, 0.6) is 0 Å². The lowest BCUT2D eigenvalue weighted by Gasteiger charge is -2.00. The number of hydrogen-bond donors (Lipinski definition) is 1. The number of rotatable bonds is 2. The summed E-state index contributed by atoms with van der Waals surface area (Å²) in [5.41, 5.74) is 0.414. The monoisotopic (exact) mass is 229 g/mol. The normalized spacial score (nSPS) is 10.9. The Kier molecular flexibility index (Phi) is 3.00. The van der Waals surface area contributed by atoms with Crippen molar-refractivity contribution in [3.63, 3.8) is 0 Å². The topological polar surface area (TPSA) is 67.2 Å². The third kappa shape index (κ3) is 2.57. The van der Waals surface area contributed by atoms with E-state index >= 15 is 0 Å². The van der Waals surface area contributed by atoms with Crippen LogP contribution in [-0.4, -0.2) is 15.9 Å². The van der Waals surface area contributed by atoms with Crippen LogP contribution >= 0.6 is 0 Å². The molecule has 0 aliphatic heterocycles. The first-order chi connectivity index (χ1) is 8.16. The molecule has 0 amide bonds. The molecule has 0 radical (unpaired) electrons. The number of aryl methyl sites for hydroxylation is 1. The molecule has 2 rings (SSSR count). The van der Waals surface area contributed by atoms with Crippen molar-refractivity contribution in [3.8, 4) is 0 Å². The molecular weight excluding hydrogens is 218 g/mol. The molecule has 0 fully saturated rings. The summed E-state index contributed by atoms with van der Waals surface area (Å²) >= 11 is 0. The number of aromatic nitrogens is 2. The molecule has 1 N–H and O–H groups in total. The summed E-state index contributed by atoms with van der Waals surface area (Å²) in [6.07, 6.45) is 1.56. The fraction of sp³-hybridized carbons (Fsp3) is 0.0833. The van der Waals surface area contributed by atoms with Gasteiger partial charge in [0.1, 0.15) is 0 Å². The highest BCUT2D eigenvalue weighted by atomic mass is 16.2. The van der Waals surface area contributed by atoms with E-state index in [4.69, 9.17) is 0 Å². The van der Waals surface area contributed by atoms with Gasteiger partial charge in [-0.1, -0.05) is 30.3 Å². The molecule has 1 aromatic carbocycles. The van der Waals surface area contributed by atoms with E-state index in [2.05, 4.69) is 10.1 Å². The minimum absolute atomic E-state index is 0.418. The maximum absolute atomic E-state index is 11.5. The number of nitrogens with one attached hydrogen (secondary N) is 1. The van der Waals surface area contributed by atoms with Crippen molar-refractivity contribution < 1.29 is 0 Å². The third-order valence-corrected chi connectivity index (χ3v) is 2.22. The van der Waals surface area contributed by atoms with E-state index in [1.54, 1.807) is 13.1 Å². The van der Waals surface area contributed by atoms with Gasteiger partial charge in [-0.05, 0) is 12.5 Å². The standard InChI is InChI=1S/C12H11N3O2/c1-9-7-11(16)14-12(17)15(9)13-8-10-5-3-2-4-6-10/h2-8H,1H3,(H,14,16,17)/b13-8+. The van der Waals surface area contributed by atoms with Gasteiger partial charge in [-0.3, -0.25) is 9.78 Å². The average molecular weight is 229 g/mol. The quantitative estimate of drug-likeness (QED) is 0.771. The van der Waals surface area contributed by atoms with E-state index in [0.717, 1.165) is 10.2 Å². The lowest BCUT2D eigenvalue weighted by molar-refractivity contribution is 0.746. The molecule has 5 nitrogen and oxygen atoms in total. The minimum atomic E-state index is -0.540. The number of hydrogen-bond acceptors (Lipinski definition) is 3. The Bertz CT molecular complexity index is 653. The van der Waals surface area contributed by atoms with E-state index in [1.165, 1.54) is 6.07 Å². The van der Waals surface area contributed by atoms with Crippen molar-refractivity contribution in [2.24, 2.45) is 5.10 Å². The zero-order chi connectivity index (χ0) is 12.3. The summed E-state index contributed by atoms with van der Waals surface area (Å²) in [6, 6.07) is 10.7. The number of aromatic amines is 1. The molecule has 0 spiro atoms. The van der Waals surface area contributed by atoms with Crippen LogP contribution in [0.1, 0.15) is 11.3 Å². The van der Waals surface area contributed by atoms with Crippen LogP contribution in [0.3, 0.4) is 0 Å². The molecule has 0 bridgehead atoms. The molecule has 2 aromatic rings. The Hall–Kier alpha value is -2.43. The smallest absolute Gasteiger partial charge is 0.272 e. The number of H-pyrrole nitrogens is 1. The van der Waals surface area contributed by atoms with Crippen molar-refractivity contribution in [3.05, 3.63) is 68.5 Å². The van der Waals surface area contributed by atoms with Crippen molar-refractivity contribution in [1.82, 2.24) is 9.66 Å². The van der Waals surface area contributed by atoms with Crippen LogP contribution in [-0.2, 0) is 0 Å². The highest BCUT2D eigenvalue weighted by Gasteiger charge is 1.98. The molecule has 0 aliphatic carbocycles. The Morgan fingerprint density at radius 2 is 1.94 bits per heavy atom. The largest absolute Gasteiger partial charge is 0.349 e. The molecule has 5 heteroatoms. The Morgan fingerprint density at radius 1 is 1.24 bits per heavy atom. The molecule has 1 aromatic heterocycles. The van der Waals surface area contributed by atoms with E-state index in [-0.39, 0.29) is 0 Å². The zero-order valence-corrected chi connectivity index (χ0v) is 9.25. The van der Waals surface area contributed by atoms with Crippen LogP contribution in [0, 0.1) is 6.92 Å². The van der Waals surface area contributed by atoms with Crippen LogP contribution in [0.25, 0.3) is 0 Å². The molecule has 86 valence electrons. The first-order valence-corrected chi connectivity index (χ1v) is 5.09. The van der Waals surface area contributed by atoms with Crippen LogP contribution in [0.15, 0.2) is 51.1 Å². The van der Waals surface area contributed by atoms with Gasteiger partial charge in [-0.25, -0.2) is 4.79 Å². The van der Waals surface area contributed by atoms with Gasteiger partial charge < -0.3 is 0 Å². The van der Waals surface area contributed by atoms with Crippen molar-refractivity contribution >= 4 is 6.21 Å². The predicted molar refractivity (Wildman–Crippen MR) is 65.5 cm³/mol. The fourth-order valence-electron chi connectivity index (χ4n) is 1.41. The third-order valence-electron chi connectivity index (χ3n) is 2.22. The molecule has 17 heavy (non-hydrogen) atoms. The lowest BCUT2D eigenvalue weighted by atomic mass is 10.2. The SMILES string of the molecule is Cc1cc(=O)[nH]c(=O)n1/N=C/c1ccccc1. The van der Waals surface area contributed by atoms with Crippen LogP contribution < -0.4 is 11.2 Å². The van der Waals surface area contributed by atoms with Gasteiger partial charge in [-0.15, -0.1) is 0 Å². The highest BCUT2D eigenvalue weighted by Crippen LogP contribution is 1.95. The zero-order valence-electron chi connectivity index (χ0n) is 9.25. The van der Waals surface area contributed by atoms with Gasteiger partial charge in [0.15, 0.2) is 0 Å². The summed E-state index contributed by atoms with van der Waals surface area (Å²) in [5, 5.41) is 4.03. The van der Waals surface area contributed by atoms with E-state index < -0.39 is 11.2 Å². The second-order valence-corrected chi connectivity index (χ2v) is 3.55. The lowest BCUT2D eigenvalue weighted by Crippen LogP contribution is -2.28. The first kappa shape index (κ1) is 11.1. The van der Waals surface area contributed by atoms with E-state index in [1.807, 2.05) is 30.3 Å². The van der Waals surface area contributed by atoms with Crippen molar-refractivity contribution in [2.75, 3.05) is 0 Å². The summed E-state index contributed by atoms with van der Waals surface area (Å²) in [6.45, 7) is 1.65. The molecule has 0 saturated carbocycles. The Morgan fingerprint density at radius 3 is 2.59 bits per heavy atom. The molecule has 0 saturated heterocycles. The Balaban J connectivity index is 2.41. The maximum Gasteiger partial charge on any atom is 0.349 e. The predicted octanol–water partition coefficient (Wildman–Crippen LogP) is 0.727. The van der Waals surface area contributed by atoms with Gasteiger partial charge in [0.25, 0.3) is 5.56 Å². The van der Waals surface area contributed by atoms with Gasteiger partial charge in [0.05, 0.1) is 6.21 Å². The second-order valence-electron chi connectivity index (χ2n) is 3.55. The van der Waals surface area contributed by atoms with E-state index in [9.17, 15) is 9.59 Å². The number of nitrogens with zero attached hydrogens (tertiary/aromatic N) is 2. The summed E-state index contributed by atoms with van der Waals surface area (Å²) in [7, 11) is 0. The molecule has 0 atom stereocenters. The Labute approximate surface area is 97.1 Å². The first-order valence-electron chi connectivity index (χ1n) is 5.09. The summed E-state index contributed by atoms with van der Waals surface area (Å²) in [5.74, 6) is 0. The number of benzene rings is 1. The van der Waals surface area contributed by atoms with Crippen LogP contribution in [0.2, 0.25) is 0 Å². The second kappa shape index (κ2) is 4.61. The van der Waals surface area contributed by atoms with Gasteiger partial charge in [0, 0.05) is 11.8 Å². The van der Waals surface area contributed by atoms with Gasteiger partial charge in [-0.2, -0.15) is 9.78 Å². The molecule has 1 heterocycles. The van der Waals surface area contributed by atoms with Crippen LogP contribution in [0.4, 0.5) is 0 Å². The molecular formula is C12H11N3O2. The summed E-state index contributed by atoms with van der Waals surface area (Å²) in [4.78, 5) is 24.6. The van der Waals surface area contributed by atoms with Crippen molar-refractivity contribution in [2.45, 2.75) is 6.92 Å². The van der Waals surface area contributed by atoms with Crippen molar-refractivity contribution in [1.29, 1.82) is 0 Å². The fourth-order valence-corrected chi connectivity index (χ4v) is 1.41. The molecule has 0 unspecified atom stereocenters. The highest BCUT2D eigenvalue weighted by molar-refractivity contribution is 5.79. The van der Waals surface area contributed by atoms with E-state index in [0.29, 0.717) is 5.69 Å². The van der Waals surface area contributed by atoms with Gasteiger partial charge >= 0.3 is 5.69 Å². The average Bonchev–Trinajstić information content (AvgIpc) is 2.29. The maximum atomic E-state index is 11.5. The molecule has 0 aliphatic rings. The minimum Gasteiger partial charge on any atom is -0.272 e. The van der Waals surface area contributed by atoms with Gasteiger partial charge in [0.2, 0.25) is 0 Å². The summed E-state index contributed by atoms with van der Waals surface area (Å²) < 4.78 is 1.15.